The quantitative estimate of drug-likeness (QED) is 0.702. The number of hydrogen-bond donors (Lipinski definition) is 1. The van der Waals surface area contributed by atoms with E-state index in [1.165, 1.54) is 4.31 Å². The molecule has 0 aromatic heterocycles. The Hall–Kier alpha value is -1.56. The third-order valence-corrected chi connectivity index (χ3v) is 5.45. The molecule has 0 aliphatic rings. The lowest BCUT2D eigenvalue weighted by Crippen LogP contribution is -2.48. The summed E-state index contributed by atoms with van der Waals surface area (Å²) in [5, 5.41) is 2.92. The van der Waals surface area contributed by atoms with Crippen LogP contribution in [0.4, 0.5) is 5.69 Å². The average Bonchev–Trinajstić information content (AvgIpc) is 2.54. The van der Waals surface area contributed by atoms with Crippen LogP contribution in [-0.2, 0) is 14.8 Å². The zero-order valence-electron chi connectivity index (χ0n) is 15.2. The Balaban J connectivity index is 2.80. The Morgan fingerprint density at radius 2 is 1.83 bits per heavy atom. The molecule has 0 saturated heterocycles. The number of sulfonamides is 1. The normalized spacial score (nSPS) is 14.0. The molecule has 1 aromatic carbocycles. The number of nitrogens with one attached hydrogen (secondary N) is 1. The molecule has 2 atom stereocenters. The van der Waals surface area contributed by atoms with Crippen molar-refractivity contribution in [2.75, 3.05) is 17.1 Å². The lowest BCUT2D eigenvalue weighted by atomic mass is 9.99. The molecule has 0 aliphatic carbocycles. The van der Waals surface area contributed by atoms with E-state index in [4.69, 9.17) is 0 Å². The van der Waals surface area contributed by atoms with Crippen molar-refractivity contribution in [3.63, 3.8) is 0 Å². The fourth-order valence-corrected chi connectivity index (χ4v) is 3.89. The fourth-order valence-electron chi connectivity index (χ4n) is 2.72. The standard InChI is InChI=1S/C18H30N2O3S/c1-5-7-11-16(6-2)14-19-18(21)15(3)20(24(4,22)23)17-12-9-8-10-13-17/h8-10,12-13,15-16H,5-7,11,14H2,1-4H3,(H,19,21)/t15-,16+/m0/s1. The molecule has 1 rings (SSSR count). The van der Waals surface area contributed by atoms with Gasteiger partial charge in [0.05, 0.1) is 11.9 Å². The van der Waals surface area contributed by atoms with Gasteiger partial charge in [0.1, 0.15) is 6.04 Å². The van der Waals surface area contributed by atoms with Gasteiger partial charge in [-0.05, 0) is 31.4 Å². The molecule has 6 heteroatoms. The van der Waals surface area contributed by atoms with Crippen molar-refractivity contribution in [2.45, 2.75) is 52.5 Å². The summed E-state index contributed by atoms with van der Waals surface area (Å²) in [7, 11) is -3.55. The van der Waals surface area contributed by atoms with Crippen molar-refractivity contribution in [3.8, 4) is 0 Å². The van der Waals surface area contributed by atoms with Gasteiger partial charge in [-0.15, -0.1) is 0 Å². The van der Waals surface area contributed by atoms with Crippen LogP contribution < -0.4 is 9.62 Å². The van der Waals surface area contributed by atoms with Crippen LogP contribution in [0.3, 0.4) is 0 Å². The molecule has 0 bridgehead atoms. The van der Waals surface area contributed by atoms with E-state index in [9.17, 15) is 13.2 Å². The van der Waals surface area contributed by atoms with Crippen molar-refractivity contribution in [1.29, 1.82) is 0 Å². The molecule has 24 heavy (non-hydrogen) atoms. The molecule has 1 aromatic rings. The number of anilines is 1. The van der Waals surface area contributed by atoms with Crippen LogP contribution in [0.25, 0.3) is 0 Å². The molecule has 1 N–H and O–H groups in total. The predicted molar refractivity (Wildman–Crippen MR) is 99.5 cm³/mol. The van der Waals surface area contributed by atoms with Crippen molar-refractivity contribution in [1.82, 2.24) is 5.32 Å². The van der Waals surface area contributed by atoms with Gasteiger partial charge in [-0.2, -0.15) is 0 Å². The summed E-state index contributed by atoms with van der Waals surface area (Å²) in [6, 6.07) is 7.94. The van der Waals surface area contributed by atoms with Crippen LogP contribution in [0.2, 0.25) is 0 Å². The van der Waals surface area contributed by atoms with Gasteiger partial charge in [-0.1, -0.05) is 51.3 Å². The first kappa shape index (κ1) is 20.5. The van der Waals surface area contributed by atoms with E-state index >= 15 is 0 Å². The Kier molecular flexibility index (Phi) is 8.25. The van der Waals surface area contributed by atoms with Crippen LogP contribution >= 0.6 is 0 Å². The lowest BCUT2D eigenvalue weighted by Gasteiger charge is -2.28. The van der Waals surface area contributed by atoms with Crippen LogP contribution in [0, 0.1) is 5.92 Å². The van der Waals surface area contributed by atoms with Crippen molar-refractivity contribution in [3.05, 3.63) is 30.3 Å². The number of hydrogen-bond acceptors (Lipinski definition) is 3. The van der Waals surface area contributed by atoms with E-state index in [0.29, 0.717) is 18.2 Å². The predicted octanol–water partition coefficient (Wildman–Crippen LogP) is 3.17. The number of nitrogens with zero attached hydrogens (tertiary/aromatic N) is 1. The highest BCUT2D eigenvalue weighted by atomic mass is 32.2. The Morgan fingerprint density at radius 1 is 1.21 bits per heavy atom. The third-order valence-electron chi connectivity index (χ3n) is 4.21. The molecule has 1 amide bonds. The lowest BCUT2D eigenvalue weighted by molar-refractivity contribution is -0.122. The molecular formula is C18H30N2O3S. The van der Waals surface area contributed by atoms with Gasteiger partial charge >= 0.3 is 0 Å². The minimum absolute atomic E-state index is 0.265. The minimum Gasteiger partial charge on any atom is -0.354 e. The Labute approximate surface area is 146 Å². The number of unbranched alkanes of at least 4 members (excludes halogenated alkanes) is 1. The minimum atomic E-state index is -3.55. The molecule has 0 fully saturated rings. The first-order valence-electron chi connectivity index (χ1n) is 8.63. The van der Waals surface area contributed by atoms with Crippen LogP contribution in [0.5, 0.6) is 0 Å². The molecule has 5 nitrogen and oxygen atoms in total. The number of para-hydroxylation sites is 1. The SMILES string of the molecule is CCCC[C@@H](CC)CNC(=O)[C@H](C)N(c1ccccc1)S(C)(=O)=O. The molecule has 0 radical (unpaired) electrons. The summed E-state index contributed by atoms with van der Waals surface area (Å²) < 4.78 is 25.5. The van der Waals surface area contributed by atoms with E-state index in [0.717, 1.165) is 31.9 Å². The summed E-state index contributed by atoms with van der Waals surface area (Å²) in [5.74, 6) is 0.170. The molecule has 136 valence electrons. The summed E-state index contributed by atoms with van der Waals surface area (Å²) in [6.45, 7) is 6.47. The van der Waals surface area contributed by atoms with Crippen LogP contribution in [0.1, 0.15) is 46.5 Å². The molecule has 0 aliphatic heterocycles. The van der Waals surface area contributed by atoms with Crippen molar-refractivity contribution in [2.24, 2.45) is 5.92 Å². The second-order valence-corrected chi connectivity index (χ2v) is 8.09. The summed E-state index contributed by atoms with van der Waals surface area (Å²) in [6.07, 6.45) is 5.49. The third kappa shape index (κ3) is 6.15. The largest absolute Gasteiger partial charge is 0.354 e. The number of benzene rings is 1. The molecule has 0 saturated carbocycles. The number of amides is 1. The van der Waals surface area contributed by atoms with Gasteiger partial charge in [0, 0.05) is 6.54 Å². The maximum absolute atomic E-state index is 12.5. The fraction of sp³-hybridized carbons (Fsp3) is 0.611. The second kappa shape index (κ2) is 9.67. The van der Waals surface area contributed by atoms with Gasteiger partial charge in [0.2, 0.25) is 15.9 Å². The van der Waals surface area contributed by atoms with Crippen molar-refractivity contribution < 1.29 is 13.2 Å². The van der Waals surface area contributed by atoms with Crippen molar-refractivity contribution >= 4 is 21.6 Å². The number of carbonyl (C=O) groups is 1. The van der Waals surface area contributed by atoms with E-state index in [1.807, 2.05) is 6.07 Å². The van der Waals surface area contributed by atoms with Gasteiger partial charge in [0.25, 0.3) is 0 Å². The first-order chi connectivity index (χ1) is 11.3. The zero-order valence-corrected chi connectivity index (χ0v) is 16.0. The monoisotopic (exact) mass is 354 g/mol. The highest BCUT2D eigenvalue weighted by Crippen LogP contribution is 2.20. The van der Waals surface area contributed by atoms with E-state index in [2.05, 4.69) is 19.2 Å². The van der Waals surface area contributed by atoms with Gasteiger partial charge in [0.15, 0.2) is 0 Å². The maximum Gasteiger partial charge on any atom is 0.243 e. The zero-order chi connectivity index (χ0) is 18.2. The summed E-state index contributed by atoms with van der Waals surface area (Å²) >= 11 is 0. The Bertz CT molecular complexity index is 602. The molecule has 0 heterocycles. The smallest absolute Gasteiger partial charge is 0.243 e. The summed E-state index contributed by atoms with van der Waals surface area (Å²) in [5.41, 5.74) is 0.501. The second-order valence-electron chi connectivity index (χ2n) is 6.23. The van der Waals surface area contributed by atoms with Crippen LogP contribution in [0.15, 0.2) is 30.3 Å². The highest BCUT2D eigenvalue weighted by molar-refractivity contribution is 7.92. The molecule has 0 unspecified atom stereocenters. The maximum atomic E-state index is 12.5. The van der Waals surface area contributed by atoms with Gasteiger partial charge in [-0.3, -0.25) is 9.10 Å². The van der Waals surface area contributed by atoms with E-state index in [-0.39, 0.29) is 5.91 Å². The van der Waals surface area contributed by atoms with E-state index < -0.39 is 16.1 Å². The average molecular weight is 355 g/mol. The first-order valence-corrected chi connectivity index (χ1v) is 10.5. The van der Waals surface area contributed by atoms with Gasteiger partial charge in [-0.25, -0.2) is 8.42 Å². The Morgan fingerprint density at radius 3 is 2.33 bits per heavy atom. The number of rotatable bonds is 10. The topological polar surface area (TPSA) is 66.5 Å². The molecular weight excluding hydrogens is 324 g/mol. The molecule has 0 spiro atoms. The highest BCUT2D eigenvalue weighted by Gasteiger charge is 2.29. The van der Waals surface area contributed by atoms with E-state index in [1.54, 1.807) is 31.2 Å². The van der Waals surface area contributed by atoms with Crippen LogP contribution in [-0.4, -0.2) is 33.2 Å². The summed E-state index contributed by atoms with van der Waals surface area (Å²) in [4.78, 5) is 12.5. The van der Waals surface area contributed by atoms with Gasteiger partial charge < -0.3 is 5.32 Å². The number of carbonyl (C=O) groups excluding carboxylic acids is 1.